The number of rotatable bonds is 3. The second kappa shape index (κ2) is 6.86. The molecule has 0 N–H and O–H groups in total. The van der Waals surface area contributed by atoms with Crippen molar-refractivity contribution in [3.05, 3.63) is 29.6 Å². The first-order valence-electron chi connectivity index (χ1n) is 7.58. The van der Waals surface area contributed by atoms with Gasteiger partial charge in [0.05, 0.1) is 17.4 Å². The van der Waals surface area contributed by atoms with E-state index in [2.05, 4.69) is 4.98 Å². The zero-order chi connectivity index (χ0) is 17.2. The van der Waals surface area contributed by atoms with Crippen LogP contribution in [0.4, 0.5) is 13.2 Å². The maximum absolute atomic E-state index is 12.9. The number of nitrogens with zero attached hydrogens (tertiary/aromatic N) is 1. The van der Waals surface area contributed by atoms with E-state index < -0.39 is 29.9 Å². The molecule has 1 aromatic heterocycles. The Morgan fingerprint density at radius 2 is 2.17 bits per heavy atom. The van der Waals surface area contributed by atoms with Gasteiger partial charge in [0.25, 0.3) is 0 Å². The number of hydrogen-bond donors (Lipinski definition) is 0. The van der Waals surface area contributed by atoms with Gasteiger partial charge in [-0.25, -0.2) is 0 Å². The number of halogens is 3. The lowest BCUT2D eigenvalue weighted by molar-refractivity contribution is -0.173. The van der Waals surface area contributed by atoms with Crippen LogP contribution in [-0.2, 0) is 20.4 Å². The van der Waals surface area contributed by atoms with Gasteiger partial charge in [-0.3, -0.25) is 9.78 Å². The predicted molar refractivity (Wildman–Crippen MR) is 76.5 cm³/mol. The lowest BCUT2D eigenvalue weighted by Crippen LogP contribution is -2.41. The summed E-state index contributed by atoms with van der Waals surface area (Å²) in [6.45, 7) is 5.16. The minimum atomic E-state index is -4.43. The number of ether oxygens (including phenoxy) is 2. The molecule has 2 rings (SSSR count). The van der Waals surface area contributed by atoms with Gasteiger partial charge in [-0.1, -0.05) is 13.8 Å². The molecule has 128 valence electrons. The van der Waals surface area contributed by atoms with Crippen LogP contribution in [0, 0.1) is 5.92 Å². The summed E-state index contributed by atoms with van der Waals surface area (Å²) in [5.41, 5.74) is -0.552. The molecule has 2 unspecified atom stereocenters. The fourth-order valence-corrected chi connectivity index (χ4v) is 2.88. The summed E-state index contributed by atoms with van der Waals surface area (Å²) >= 11 is 0. The van der Waals surface area contributed by atoms with Gasteiger partial charge in [0.2, 0.25) is 0 Å². The van der Waals surface area contributed by atoms with E-state index in [1.807, 2.05) is 13.8 Å². The summed E-state index contributed by atoms with van der Waals surface area (Å²) in [5, 5.41) is 0. The monoisotopic (exact) mass is 331 g/mol. The molecule has 0 radical (unpaired) electrons. The van der Waals surface area contributed by atoms with Gasteiger partial charge in [0.15, 0.2) is 0 Å². The summed E-state index contributed by atoms with van der Waals surface area (Å²) < 4.78 is 49.8. The van der Waals surface area contributed by atoms with Crippen LogP contribution in [0.5, 0.6) is 0 Å². The molecular formula is C16H20F3NO3. The van der Waals surface area contributed by atoms with E-state index in [0.29, 0.717) is 12.8 Å². The molecule has 1 aromatic rings. The van der Waals surface area contributed by atoms with Crippen molar-refractivity contribution >= 4 is 5.97 Å². The molecule has 7 heteroatoms. The van der Waals surface area contributed by atoms with Gasteiger partial charge < -0.3 is 9.47 Å². The minimum absolute atomic E-state index is 0.0223. The molecule has 0 bridgehead atoms. The summed E-state index contributed by atoms with van der Waals surface area (Å²) in [5.74, 6) is -0.430. The van der Waals surface area contributed by atoms with Crippen molar-refractivity contribution in [1.29, 1.82) is 0 Å². The van der Waals surface area contributed by atoms with Crippen molar-refractivity contribution in [3.63, 3.8) is 0 Å². The molecule has 1 aliphatic rings. The van der Waals surface area contributed by atoms with E-state index in [0.717, 1.165) is 18.3 Å². The van der Waals surface area contributed by atoms with Crippen LogP contribution in [-0.4, -0.2) is 23.2 Å². The Balaban J connectivity index is 2.26. The van der Waals surface area contributed by atoms with Crippen LogP contribution in [0.25, 0.3) is 0 Å². The molecular weight excluding hydrogens is 311 g/mol. The third-order valence-corrected chi connectivity index (χ3v) is 4.12. The molecule has 0 aromatic carbocycles. The highest BCUT2D eigenvalue weighted by Gasteiger charge is 2.39. The molecule has 1 aliphatic heterocycles. The average molecular weight is 331 g/mol. The number of esters is 1. The summed E-state index contributed by atoms with van der Waals surface area (Å²) in [6.07, 6.45) is -3.55. The van der Waals surface area contributed by atoms with Crippen LogP contribution in [0.2, 0.25) is 0 Å². The number of carbonyl (C=O) groups is 1. The lowest BCUT2D eigenvalue weighted by atomic mass is 9.87. The Morgan fingerprint density at radius 1 is 1.48 bits per heavy atom. The second-order valence-electron chi connectivity index (χ2n) is 5.78. The maximum atomic E-state index is 12.9. The van der Waals surface area contributed by atoms with Gasteiger partial charge in [0, 0.05) is 25.5 Å². The lowest BCUT2D eigenvalue weighted by Gasteiger charge is -2.39. The van der Waals surface area contributed by atoms with Gasteiger partial charge in [-0.15, -0.1) is 0 Å². The highest BCUT2D eigenvalue weighted by Crippen LogP contribution is 2.38. The number of alkyl halides is 3. The van der Waals surface area contributed by atoms with Crippen molar-refractivity contribution in [1.82, 2.24) is 4.98 Å². The van der Waals surface area contributed by atoms with Crippen molar-refractivity contribution in [2.75, 3.05) is 0 Å². The van der Waals surface area contributed by atoms with Crippen LogP contribution in [0.3, 0.4) is 0 Å². The molecule has 2 heterocycles. The van der Waals surface area contributed by atoms with E-state index >= 15 is 0 Å². The first kappa shape index (κ1) is 17.7. The standard InChI is InChI=1S/C16H20F3NO3/c1-4-13-9(2)14(22-10(3)21)8-15(23-13)12-7-11(5-6-20-12)16(17,18)19/h5-7,9,13-15H,4,8H2,1-3H3/t9-,13?,14?,15+/m1/s1. The normalized spacial score (nSPS) is 28.4. The van der Waals surface area contributed by atoms with Crippen LogP contribution in [0.1, 0.15) is 51.0 Å². The van der Waals surface area contributed by atoms with E-state index in [1.165, 1.54) is 6.92 Å². The number of hydrogen-bond acceptors (Lipinski definition) is 4. The summed E-state index contributed by atoms with van der Waals surface area (Å²) in [4.78, 5) is 15.3. The third-order valence-electron chi connectivity index (χ3n) is 4.12. The Labute approximate surface area is 133 Å². The molecule has 1 fully saturated rings. The quantitative estimate of drug-likeness (QED) is 0.788. The van der Waals surface area contributed by atoms with Gasteiger partial charge in [-0.05, 0) is 18.6 Å². The maximum Gasteiger partial charge on any atom is 0.416 e. The number of aromatic nitrogens is 1. The molecule has 4 nitrogen and oxygen atoms in total. The molecule has 1 saturated heterocycles. The summed E-state index contributed by atoms with van der Waals surface area (Å²) in [7, 11) is 0. The zero-order valence-electron chi connectivity index (χ0n) is 13.3. The van der Waals surface area contributed by atoms with Crippen molar-refractivity contribution < 1.29 is 27.4 Å². The minimum Gasteiger partial charge on any atom is -0.462 e. The smallest absolute Gasteiger partial charge is 0.416 e. The van der Waals surface area contributed by atoms with Crippen molar-refractivity contribution in [2.45, 2.75) is 58.1 Å². The van der Waals surface area contributed by atoms with Crippen LogP contribution in [0.15, 0.2) is 18.3 Å². The molecule has 23 heavy (non-hydrogen) atoms. The Kier molecular flexibility index (Phi) is 5.29. The topological polar surface area (TPSA) is 48.4 Å². The predicted octanol–water partition coefficient (Wildman–Crippen LogP) is 3.91. The fourth-order valence-electron chi connectivity index (χ4n) is 2.88. The van der Waals surface area contributed by atoms with Gasteiger partial charge in [-0.2, -0.15) is 13.2 Å². The molecule has 4 atom stereocenters. The van der Waals surface area contributed by atoms with Crippen molar-refractivity contribution in [3.8, 4) is 0 Å². The van der Waals surface area contributed by atoms with E-state index in [4.69, 9.17) is 9.47 Å². The molecule has 0 aliphatic carbocycles. The number of carbonyl (C=O) groups excluding carboxylic acids is 1. The largest absolute Gasteiger partial charge is 0.462 e. The molecule has 0 amide bonds. The van der Waals surface area contributed by atoms with E-state index in [9.17, 15) is 18.0 Å². The Bertz CT molecular complexity index is 562. The third kappa shape index (κ3) is 4.22. The number of pyridine rings is 1. The van der Waals surface area contributed by atoms with Crippen LogP contribution >= 0.6 is 0 Å². The molecule has 0 saturated carbocycles. The first-order valence-corrected chi connectivity index (χ1v) is 7.58. The highest BCUT2D eigenvalue weighted by atomic mass is 19.4. The first-order chi connectivity index (χ1) is 10.7. The van der Waals surface area contributed by atoms with E-state index in [1.54, 1.807) is 0 Å². The van der Waals surface area contributed by atoms with Gasteiger partial charge in [0.1, 0.15) is 12.2 Å². The van der Waals surface area contributed by atoms with Crippen molar-refractivity contribution in [2.24, 2.45) is 5.92 Å². The van der Waals surface area contributed by atoms with Gasteiger partial charge >= 0.3 is 12.1 Å². The average Bonchev–Trinajstić information content (AvgIpc) is 2.48. The van der Waals surface area contributed by atoms with E-state index in [-0.39, 0.29) is 17.7 Å². The summed E-state index contributed by atoms with van der Waals surface area (Å²) in [6, 6.07) is 1.92. The fraction of sp³-hybridized carbons (Fsp3) is 0.625. The zero-order valence-corrected chi connectivity index (χ0v) is 13.3. The molecule has 0 spiro atoms. The Hall–Kier alpha value is -1.63. The SMILES string of the molecule is CCC1O[C@H](c2cc(C(F)(F)F)ccn2)CC(OC(C)=O)[C@@H]1C. The van der Waals surface area contributed by atoms with Crippen LogP contribution < -0.4 is 0 Å². The Morgan fingerprint density at radius 3 is 2.74 bits per heavy atom. The highest BCUT2D eigenvalue weighted by molar-refractivity contribution is 5.66. The second-order valence-corrected chi connectivity index (χ2v) is 5.78.